The maximum Gasteiger partial charge on any atom is 0.164 e. The molecule has 0 N–H and O–H groups in total. The molecule has 0 fully saturated rings. The standard InChI is InChI=1S/C12H15BrO2/c1-12(2)4-5-15-11-9(12)6-8(13)7-10(11)14-3/h6-7H,4-5H2,1-3H3. The van der Waals surface area contributed by atoms with Crippen molar-refractivity contribution in [3.63, 3.8) is 0 Å². The molecule has 1 aromatic rings. The summed E-state index contributed by atoms with van der Waals surface area (Å²) < 4.78 is 12.1. The van der Waals surface area contributed by atoms with Gasteiger partial charge in [-0.3, -0.25) is 0 Å². The van der Waals surface area contributed by atoms with E-state index in [0.29, 0.717) is 0 Å². The van der Waals surface area contributed by atoms with Gasteiger partial charge in [0.1, 0.15) is 0 Å². The molecular formula is C12H15BrO2. The smallest absolute Gasteiger partial charge is 0.164 e. The van der Waals surface area contributed by atoms with Gasteiger partial charge in [-0.1, -0.05) is 29.8 Å². The third kappa shape index (κ3) is 1.85. The van der Waals surface area contributed by atoms with Gasteiger partial charge in [-0.25, -0.2) is 0 Å². The molecule has 0 aliphatic carbocycles. The molecule has 2 nitrogen and oxygen atoms in total. The lowest BCUT2D eigenvalue weighted by atomic mass is 9.80. The van der Waals surface area contributed by atoms with Gasteiger partial charge in [0.25, 0.3) is 0 Å². The van der Waals surface area contributed by atoms with Crippen LogP contribution in [0.25, 0.3) is 0 Å². The Bertz CT molecular complexity index is 385. The van der Waals surface area contributed by atoms with E-state index in [4.69, 9.17) is 9.47 Å². The highest BCUT2D eigenvalue weighted by Gasteiger charge is 2.31. The van der Waals surface area contributed by atoms with E-state index < -0.39 is 0 Å². The summed E-state index contributed by atoms with van der Waals surface area (Å²) in [6.07, 6.45) is 1.04. The highest BCUT2D eigenvalue weighted by molar-refractivity contribution is 9.10. The summed E-state index contributed by atoms with van der Waals surface area (Å²) in [6.45, 7) is 5.23. The molecule has 0 spiro atoms. The maximum absolute atomic E-state index is 5.69. The molecule has 1 heterocycles. The molecule has 0 radical (unpaired) electrons. The molecule has 0 saturated carbocycles. The van der Waals surface area contributed by atoms with Gasteiger partial charge in [-0.2, -0.15) is 0 Å². The predicted octanol–water partition coefficient (Wildman–Crippen LogP) is 3.52. The lowest BCUT2D eigenvalue weighted by Gasteiger charge is -2.33. The number of methoxy groups -OCH3 is 1. The SMILES string of the molecule is COc1cc(Br)cc2c1OCCC2(C)C. The number of fused-ring (bicyclic) bond motifs is 1. The second-order valence-electron chi connectivity index (χ2n) is 4.47. The predicted molar refractivity (Wildman–Crippen MR) is 63.8 cm³/mol. The number of ether oxygens (including phenoxy) is 2. The van der Waals surface area contributed by atoms with Crippen LogP contribution in [-0.4, -0.2) is 13.7 Å². The normalized spacial score (nSPS) is 17.9. The lowest BCUT2D eigenvalue weighted by Crippen LogP contribution is -2.26. The number of halogens is 1. The van der Waals surface area contributed by atoms with Gasteiger partial charge < -0.3 is 9.47 Å². The molecule has 82 valence electrons. The molecule has 0 aromatic heterocycles. The zero-order valence-corrected chi connectivity index (χ0v) is 10.8. The van der Waals surface area contributed by atoms with Gasteiger partial charge in [0.05, 0.1) is 13.7 Å². The number of hydrogen-bond donors (Lipinski definition) is 0. The molecule has 0 unspecified atom stereocenters. The fourth-order valence-corrected chi connectivity index (χ4v) is 2.35. The van der Waals surface area contributed by atoms with Crippen molar-refractivity contribution in [2.24, 2.45) is 0 Å². The van der Waals surface area contributed by atoms with Crippen molar-refractivity contribution in [1.82, 2.24) is 0 Å². The quantitative estimate of drug-likeness (QED) is 0.778. The van der Waals surface area contributed by atoms with E-state index in [9.17, 15) is 0 Å². The zero-order valence-electron chi connectivity index (χ0n) is 9.26. The van der Waals surface area contributed by atoms with Crippen LogP contribution in [0.2, 0.25) is 0 Å². The summed E-state index contributed by atoms with van der Waals surface area (Å²) >= 11 is 3.50. The van der Waals surface area contributed by atoms with E-state index >= 15 is 0 Å². The van der Waals surface area contributed by atoms with Crippen molar-refractivity contribution >= 4 is 15.9 Å². The maximum atomic E-state index is 5.69. The second kappa shape index (κ2) is 3.71. The minimum atomic E-state index is 0.157. The molecular weight excluding hydrogens is 256 g/mol. The van der Waals surface area contributed by atoms with Crippen LogP contribution in [0.3, 0.4) is 0 Å². The minimum Gasteiger partial charge on any atom is -0.493 e. The van der Waals surface area contributed by atoms with E-state index in [0.717, 1.165) is 29.0 Å². The minimum absolute atomic E-state index is 0.157. The summed E-state index contributed by atoms with van der Waals surface area (Å²) in [4.78, 5) is 0. The largest absolute Gasteiger partial charge is 0.493 e. The Kier molecular flexibility index (Phi) is 2.67. The van der Waals surface area contributed by atoms with E-state index in [1.54, 1.807) is 7.11 Å². The zero-order chi connectivity index (χ0) is 11.1. The van der Waals surface area contributed by atoms with Crippen LogP contribution in [0, 0.1) is 0 Å². The average Bonchev–Trinajstić information content (AvgIpc) is 2.18. The monoisotopic (exact) mass is 270 g/mol. The fraction of sp³-hybridized carbons (Fsp3) is 0.500. The van der Waals surface area contributed by atoms with Gasteiger partial charge in [0.2, 0.25) is 0 Å². The topological polar surface area (TPSA) is 18.5 Å². The Balaban J connectivity index is 2.61. The van der Waals surface area contributed by atoms with Crippen LogP contribution in [0.15, 0.2) is 16.6 Å². The van der Waals surface area contributed by atoms with Crippen molar-refractivity contribution in [2.45, 2.75) is 25.7 Å². The Morgan fingerprint density at radius 3 is 2.80 bits per heavy atom. The van der Waals surface area contributed by atoms with Crippen LogP contribution < -0.4 is 9.47 Å². The molecule has 1 aliphatic rings. The molecule has 3 heteroatoms. The van der Waals surface area contributed by atoms with Crippen LogP contribution >= 0.6 is 15.9 Å². The van der Waals surface area contributed by atoms with Crippen molar-refractivity contribution in [3.05, 3.63) is 22.2 Å². The van der Waals surface area contributed by atoms with Gasteiger partial charge in [-0.05, 0) is 24.0 Å². The Labute approximate surface area is 98.7 Å². The first-order valence-electron chi connectivity index (χ1n) is 5.05. The van der Waals surface area contributed by atoms with E-state index in [1.807, 2.05) is 6.07 Å². The van der Waals surface area contributed by atoms with Crippen molar-refractivity contribution in [2.75, 3.05) is 13.7 Å². The molecule has 0 atom stereocenters. The molecule has 0 amide bonds. The average molecular weight is 271 g/mol. The van der Waals surface area contributed by atoms with E-state index in [1.165, 1.54) is 5.56 Å². The molecule has 1 aromatic carbocycles. The second-order valence-corrected chi connectivity index (χ2v) is 5.38. The highest BCUT2D eigenvalue weighted by Crippen LogP contribution is 2.45. The lowest BCUT2D eigenvalue weighted by molar-refractivity contribution is 0.222. The van der Waals surface area contributed by atoms with Crippen molar-refractivity contribution < 1.29 is 9.47 Å². The fourth-order valence-electron chi connectivity index (χ4n) is 1.91. The Morgan fingerprint density at radius 1 is 1.40 bits per heavy atom. The summed E-state index contributed by atoms with van der Waals surface area (Å²) in [5.74, 6) is 1.71. The van der Waals surface area contributed by atoms with Crippen LogP contribution in [0.4, 0.5) is 0 Å². The van der Waals surface area contributed by atoms with Gasteiger partial charge in [0.15, 0.2) is 11.5 Å². The van der Waals surface area contributed by atoms with Crippen molar-refractivity contribution in [1.29, 1.82) is 0 Å². The van der Waals surface area contributed by atoms with E-state index in [-0.39, 0.29) is 5.41 Å². The summed E-state index contributed by atoms with van der Waals surface area (Å²) in [5, 5.41) is 0. The first kappa shape index (κ1) is 10.8. The van der Waals surface area contributed by atoms with Crippen molar-refractivity contribution in [3.8, 4) is 11.5 Å². The molecule has 2 rings (SSSR count). The van der Waals surface area contributed by atoms with Gasteiger partial charge >= 0.3 is 0 Å². The first-order chi connectivity index (χ1) is 7.04. The summed E-state index contributed by atoms with van der Waals surface area (Å²) in [6, 6.07) is 4.07. The summed E-state index contributed by atoms with van der Waals surface area (Å²) in [7, 11) is 1.67. The third-order valence-corrected chi connectivity index (χ3v) is 3.40. The van der Waals surface area contributed by atoms with Crippen LogP contribution in [0.5, 0.6) is 11.5 Å². The number of hydrogen-bond acceptors (Lipinski definition) is 2. The van der Waals surface area contributed by atoms with Crippen LogP contribution in [0.1, 0.15) is 25.8 Å². The third-order valence-electron chi connectivity index (χ3n) is 2.94. The molecule has 1 aliphatic heterocycles. The Morgan fingerprint density at radius 2 is 2.13 bits per heavy atom. The summed E-state index contributed by atoms with van der Waals surface area (Å²) in [5.41, 5.74) is 1.38. The van der Waals surface area contributed by atoms with Crippen LogP contribution in [-0.2, 0) is 5.41 Å². The van der Waals surface area contributed by atoms with Gasteiger partial charge in [-0.15, -0.1) is 0 Å². The molecule has 0 saturated heterocycles. The Hall–Kier alpha value is -0.700. The van der Waals surface area contributed by atoms with E-state index in [2.05, 4.69) is 35.8 Å². The van der Waals surface area contributed by atoms with Gasteiger partial charge in [0, 0.05) is 10.0 Å². The first-order valence-corrected chi connectivity index (χ1v) is 5.85. The number of rotatable bonds is 1. The number of benzene rings is 1. The highest BCUT2D eigenvalue weighted by atomic mass is 79.9. The molecule has 0 bridgehead atoms. The molecule has 15 heavy (non-hydrogen) atoms.